The van der Waals surface area contributed by atoms with Gasteiger partial charge in [0, 0.05) is 13.0 Å². The zero-order chi connectivity index (χ0) is 9.68. The van der Waals surface area contributed by atoms with Gasteiger partial charge in [0.2, 0.25) is 0 Å². The molecule has 0 spiro atoms. The molecule has 0 saturated heterocycles. The van der Waals surface area contributed by atoms with Gasteiger partial charge < -0.3 is 5.73 Å². The lowest BCUT2D eigenvalue weighted by Crippen LogP contribution is -2.15. The van der Waals surface area contributed by atoms with Crippen molar-refractivity contribution in [1.82, 2.24) is 0 Å². The average Bonchev–Trinajstić information content (AvgIpc) is 2.04. The predicted octanol–water partition coefficient (Wildman–Crippen LogP) is 1.91. The number of amidine groups is 1. The Morgan fingerprint density at radius 3 is 2.85 bits per heavy atom. The standard InChI is InChI=1S/C11H16N2/c1-3-13-11(12)8-10-6-4-5-9(2)7-10/h4-7H,3,8H2,1-2H3,(H2,12,13). The van der Waals surface area contributed by atoms with Gasteiger partial charge in [-0.1, -0.05) is 29.8 Å². The molecule has 1 rings (SSSR count). The monoisotopic (exact) mass is 176 g/mol. The fraction of sp³-hybridized carbons (Fsp3) is 0.364. The Labute approximate surface area is 79.5 Å². The molecule has 0 heterocycles. The first-order valence-electron chi connectivity index (χ1n) is 4.56. The third kappa shape index (κ3) is 3.28. The summed E-state index contributed by atoms with van der Waals surface area (Å²) in [6, 6.07) is 8.34. The van der Waals surface area contributed by atoms with Crippen molar-refractivity contribution >= 4 is 5.84 Å². The van der Waals surface area contributed by atoms with Crippen LogP contribution in [0.3, 0.4) is 0 Å². The molecule has 0 unspecified atom stereocenters. The van der Waals surface area contributed by atoms with Gasteiger partial charge in [-0.15, -0.1) is 0 Å². The summed E-state index contributed by atoms with van der Waals surface area (Å²) in [6.07, 6.45) is 0.759. The van der Waals surface area contributed by atoms with E-state index in [1.807, 2.05) is 13.0 Å². The highest BCUT2D eigenvalue weighted by Gasteiger charge is 1.95. The molecule has 1 aromatic rings. The second-order valence-corrected chi connectivity index (χ2v) is 3.13. The molecule has 0 saturated carbocycles. The van der Waals surface area contributed by atoms with Crippen molar-refractivity contribution in [2.75, 3.05) is 6.54 Å². The van der Waals surface area contributed by atoms with Gasteiger partial charge in [0.05, 0.1) is 5.84 Å². The summed E-state index contributed by atoms with van der Waals surface area (Å²) in [5, 5.41) is 0. The van der Waals surface area contributed by atoms with Crippen LogP contribution >= 0.6 is 0 Å². The summed E-state index contributed by atoms with van der Waals surface area (Å²) in [6.45, 7) is 4.83. The Morgan fingerprint density at radius 1 is 1.46 bits per heavy atom. The van der Waals surface area contributed by atoms with Crippen molar-refractivity contribution in [2.24, 2.45) is 10.7 Å². The summed E-state index contributed by atoms with van der Waals surface area (Å²) in [7, 11) is 0. The van der Waals surface area contributed by atoms with E-state index in [2.05, 4.69) is 30.1 Å². The molecule has 0 aliphatic carbocycles. The summed E-state index contributed by atoms with van der Waals surface area (Å²) < 4.78 is 0. The zero-order valence-electron chi connectivity index (χ0n) is 8.25. The van der Waals surface area contributed by atoms with Crippen LogP contribution in [0.4, 0.5) is 0 Å². The van der Waals surface area contributed by atoms with E-state index in [1.165, 1.54) is 11.1 Å². The number of hydrogen-bond acceptors (Lipinski definition) is 1. The third-order valence-corrected chi connectivity index (χ3v) is 1.83. The minimum Gasteiger partial charge on any atom is -0.387 e. The van der Waals surface area contributed by atoms with Gasteiger partial charge in [-0.05, 0) is 19.4 Å². The first-order valence-corrected chi connectivity index (χ1v) is 4.56. The van der Waals surface area contributed by atoms with Crippen molar-refractivity contribution in [3.63, 3.8) is 0 Å². The van der Waals surface area contributed by atoms with Gasteiger partial charge in [-0.3, -0.25) is 4.99 Å². The Bertz CT molecular complexity index is 303. The summed E-state index contributed by atoms with van der Waals surface area (Å²) in [5.74, 6) is 0.716. The molecule has 0 aliphatic rings. The first kappa shape index (κ1) is 9.78. The van der Waals surface area contributed by atoms with Gasteiger partial charge in [0.25, 0.3) is 0 Å². The Kier molecular flexibility index (Phi) is 3.50. The maximum Gasteiger partial charge on any atom is 0.0981 e. The van der Waals surface area contributed by atoms with Crippen LogP contribution < -0.4 is 5.73 Å². The number of hydrogen-bond donors (Lipinski definition) is 1. The van der Waals surface area contributed by atoms with Gasteiger partial charge in [-0.25, -0.2) is 0 Å². The molecule has 0 atom stereocenters. The molecule has 0 radical (unpaired) electrons. The van der Waals surface area contributed by atoms with E-state index in [1.54, 1.807) is 0 Å². The highest BCUT2D eigenvalue weighted by molar-refractivity contribution is 5.82. The number of aryl methyl sites for hydroxylation is 1. The van der Waals surface area contributed by atoms with E-state index in [9.17, 15) is 0 Å². The van der Waals surface area contributed by atoms with Crippen LogP contribution in [0.25, 0.3) is 0 Å². The molecule has 0 aliphatic heterocycles. The second-order valence-electron chi connectivity index (χ2n) is 3.13. The predicted molar refractivity (Wildman–Crippen MR) is 57.0 cm³/mol. The van der Waals surface area contributed by atoms with Crippen LogP contribution in [-0.4, -0.2) is 12.4 Å². The number of nitrogens with zero attached hydrogens (tertiary/aromatic N) is 1. The van der Waals surface area contributed by atoms with Gasteiger partial charge in [-0.2, -0.15) is 0 Å². The molecule has 0 fully saturated rings. The van der Waals surface area contributed by atoms with Gasteiger partial charge >= 0.3 is 0 Å². The van der Waals surface area contributed by atoms with E-state index < -0.39 is 0 Å². The highest BCUT2D eigenvalue weighted by Crippen LogP contribution is 2.04. The van der Waals surface area contributed by atoms with E-state index in [0.29, 0.717) is 5.84 Å². The zero-order valence-corrected chi connectivity index (χ0v) is 8.25. The first-order chi connectivity index (χ1) is 6.22. The van der Waals surface area contributed by atoms with E-state index in [0.717, 1.165) is 13.0 Å². The van der Waals surface area contributed by atoms with E-state index >= 15 is 0 Å². The summed E-state index contributed by atoms with van der Waals surface area (Å²) in [5.41, 5.74) is 8.21. The Hall–Kier alpha value is -1.31. The lowest BCUT2D eigenvalue weighted by atomic mass is 10.1. The molecule has 2 heteroatoms. The normalized spacial score (nSPS) is 11.7. The molecule has 2 nitrogen and oxygen atoms in total. The molecule has 0 aromatic heterocycles. The molecule has 2 N–H and O–H groups in total. The molecular weight excluding hydrogens is 160 g/mol. The molecule has 0 amide bonds. The lowest BCUT2D eigenvalue weighted by Gasteiger charge is -2.01. The molecule has 1 aromatic carbocycles. The Balaban J connectivity index is 2.69. The van der Waals surface area contributed by atoms with Crippen LogP contribution in [0.5, 0.6) is 0 Å². The topological polar surface area (TPSA) is 38.4 Å². The largest absolute Gasteiger partial charge is 0.387 e. The number of benzene rings is 1. The average molecular weight is 176 g/mol. The number of rotatable bonds is 3. The van der Waals surface area contributed by atoms with Crippen molar-refractivity contribution in [3.8, 4) is 0 Å². The molecule has 70 valence electrons. The van der Waals surface area contributed by atoms with Crippen LogP contribution in [0.2, 0.25) is 0 Å². The quantitative estimate of drug-likeness (QED) is 0.554. The number of nitrogens with two attached hydrogens (primary N) is 1. The fourth-order valence-corrected chi connectivity index (χ4v) is 1.29. The van der Waals surface area contributed by atoms with Gasteiger partial charge in [0.15, 0.2) is 0 Å². The lowest BCUT2D eigenvalue weighted by molar-refractivity contribution is 1.10. The molecule has 13 heavy (non-hydrogen) atoms. The van der Waals surface area contributed by atoms with Crippen LogP contribution in [0.1, 0.15) is 18.1 Å². The summed E-state index contributed by atoms with van der Waals surface area (Å²) in [4.78, 5) is 4.14. The SMILES string of the molecule is CCN=C(N)Cc1cccc(C)c1. The van der Waals surface area contributed by atoms with Crippen LogP contribution in [0, 0.1) is 6.92 Å². The minimum atomic E-state index is 0.716. The smallest absolute Gasteiger partial charge is 0.0981 e. The molecule has 0 bridgehead atoms. The summed E-state index contributed by atoms with van der Waals surface area (Å²) >= 11 is 0. The molecular formula is C11H16N2. The Morgan fingerprint density at radius 2 is 2.23 bits per heavy atom. The fourth-order valence-electron chi connectivity index (χ4n) is 1.29. The minimum absolute atomic E-state index is 0.716. The maximum atomic E-state index is 5.72. The van der Waals surface area contributed by atoms with Crippen LogP contribution in [0.15, 0.2) is 29.3 Å². The highest BCUT2D eigenvalue weighted by atomic mass is 14.8. The third-order valence-electron chi connectivity index (χ3n) is 1.83. The van der Waals surface area contributed by atoms with Crippen LogP contribution in [-0.2, 0) is 6.42 Å². The van der Waals surface area contributed by atoms with Crippen molar-refractivity contribution < 1.29 is 0 Å². The van der Waals surface area contributed by atoms with Crippen molar-refractivity contribution in [2.45, 2.75) is 20.3 Å². The van der Waals surface area contributed by atoms with E-state index in [4.69, 9.17) is 5.73 Å². The second kappa shape index (κ2) is 4.65. The van der Waals surface area contributed by atoms with Gasteiger partial charge in [0.1, 0.15) is 0 Å². The van der Waals surface area contributed by atoms with E-state index in [-0.39, 0.29) is 0 Å². The van der Waals surface area contributed by atoms with Crippen molar-refractivity contribution in [1.29, 1.82) is 0 Å². The number of aliphatic imine (C=N–C) groups is 1. The van der Waals surface area contributed by atoms with Crippen molar-refractivity contribution in [3.05, 3.63) is 35.4 Å². The maximum absolute atomic E-state index is 5.72.